The number of nitrogens with one attached hydrogen (secondary N) is 1. The minimum absolute atomic E-state index is 0.611. The van der Waals surface area contributed by atoms with Crippen molar-refractivity contribution in [2.45, 2.75) is 19.3 Å². The summed E-state index contributed by atoms with van der Waals surface area (Å²) in [5, 5.41) is 3.54. The molecule has 5 heteroatoms. The van der Waals surface area contributed by atoms with E-state index in [9.17, 15) is 0 Å². The number of anilines is 2. The van der Waals surface area contributed by atoms with Crippen LogP contribution >= 0.6 is 11.6 Å². The molecule has 0 aromatic carbocycles. The molecular formula is C11H17ClN4. The number of nitrogens with zero attached hydrogens (tertiary/aromatic N) is 3. The SMILES string of the molecule is CNc1ncc(Cl)c(N(C)CC2CCC2)n1. The average Bonchev–Trinajstić information content (AvgIpc) is 2.24. The second-order valence-corrected chi connectivity index (χ2v) is 4.70. The summed E-state index contributed by atoms with van der Waals surface area (Å²) < 4.78 is 0. The van der Waals surface area contributed by atoms with Crippen LogP contribution < -0.4 is 10.2 Å². The molecule has 0 bridgehead atoms. The van der Waals surface area contributed by atoms with Crippen LogP contribution in [-0.4, -0.2) is 30.6 Å². The molecule has 4 nitrogen and oxygen atoms in total. The van der Waals surface area contributed by atoms with Crippen molar-refractivity contribution in [2.75, 3.05) is 30.9 Å². The number of halogens is 1. The van der Waals surface area contributed by atoms with Gasteiger partial charge in [-0.05, 0) is 18.8 Å². The zero-order valence-electron chi connectivity index (χ0n) is 9.70. The predicted octanol–water partition coefficient (Wildman–Crippen LogP) is 2.41. The summed E-state index contributed by atoms with van der Waals surface area (Å²) in [6, 6.07) is 0. The highest BCUT2D eigenvalue weighted by Crippen LogP contribution is 2.30. The standard InChI is InChI=1S/C11H17ClN4/c1-13-11-14-6-9(12)10(15-11)16(2)7-8-4-3-5-8/h6,8H,3-5,7H2,1-2H3,(H,13,14,15). The summed E-state index contributed by atoms with van der Waals surface area (Å²) in [6.45, 7) is 1.03. The molecule has 1 aliphatic rings. The van der Waals surface area contributed by atoms with Gasteiger partial charge in [-0.25, -0.2) is 4.98 Å². The van der Waals surface area contributed by atoms with Crippen molar-refractivity contribution in [1.29, 1.82) is 0 Å². The molecule has 1 heterocycles. The molecule has 0 amide bonds. The fourth-order valence-electron chi connectivity index (χ4n) is 1.90. The molecule has 0 spiro atoms. The summed E-state index contributed by atoms with van der Waals surface area (Å²) in [6.07, 6.45) is 5.66. The van der Waals surface area contributed by atoms with Gasteiger partial charge in [0.15, 0.2) is 5.82 Å². The normalized spacial score (nSPS) is 15.7. The molecule has 1 aromatic heterocycles. The first-order chi connectivity index (χ1) is 7.70. The predicted molar refractivity (Wildman–Crippen MR) is 67.2 cm³/mol. The third kappa shape index (κ3) is 2.38. The fourth-order valence-corrected chi connectivity index (χ4v) is 2.13. The zero-order valence-corrected chi connectivity index (χ0v) is 10.5. The second-order valence-electron chi connectivity index (χ2n) is 4.29. The van der Waals surface area contributed by atoms with Crippen LogP contribution in [0.1, 0.15) is 19.3 Å². The van der Waals surface area contributed by atoms with Crippen molar-refractivity contribution in [3.8, 4) is 0 Å². The Labute approximate surface area is 101 Å². The smallest absolute Gasteiger partial charge is 0.224 e. The Hall–Kier alpha value is -1.03. The quantitative estimate of drug-likeness (QED) is 0.878. The third-order valence-electron chi connectivity index (χ3n) is 3.07. The van der Waals surface area contributed by atoms with Gasteiger partial charge in [0.05, 0.1) is 6.20 Å². The monoisotopic (exact) mass is 240 g/mol. The van der Waals surface area contributed by atoms with Crippen LogP contribution in [0, 0.1) is 5.92 Å². The minimum atomic E-state index is 0.611. The van der Waals surface area contributed by atoms with Crippen molar-refractivity contribution in [3.05, 3.63) is 11.2 Å². The van der Waals surface area contributed by atoms with Gasteiger partial charge >= 0.3 is 0 Å². The van der Waals surface area contributed by atoms with Crippen molar-refractivity contribution < 1.29 is 0 Å². The first-order valence-corrected chi connectivity index (χ1v) is 6.00. The molecule has 2 rings (SSSR count). The largest absolute Gasteiger partial charge is 0.358 e. The molecular weight excluding hydrogens is 224 g/mol. The van der Waals surface area contributed by atoms with E-state index in [2.05, 4.69) is 20.2 Å². The summed E-state index contributed by atoms with van der Waals surface area (Å²) in [5.41, 5.74) is 0. The van der Waals surface area contributed by atoms with Gasteiger partial charge in [0.1, 0.15) is 5.02 Å². The van der Waals surface area contributed by atoms with Crippen LogP contribution in [0.4, 0.5) is 11.8 Å². The number of hydrogen-bond donors (Lipinski definition) is 1. The number of aromatic nitrogens is 2. The van der Waals surface area contributed by atoms with Crippen LogP contribution in [0.3, 0.4) is 0 Å². The highest BCUT2D eigenvalue weighted by molar-refractivity contribution is 6.32. The lowest BCUT2D eigenvalue weighted by Crippen LogP contribution is -2.30. The van der Waals surface area contributed by atoms with Gasteiger partial charge < -0.3 is 10.2 Å². The topological polar surface area (TPSA) is 41.1 Å². The molecule has 1 aliphatic carbocycles. The van der Waals surface area contributed by atoms with E-state index in [1.165, 1.54) is 19.3 Å². The van der Waals surface area contributed by atoms with E-state index in [0.29, 0.717) is 11.0 Å². The van der Waals surface area contributed by atoms with E-state index < -0.39 is 0 Å². The van der Waals surface area contributed by atoms with Gasteiger partial charge in [-0.2, -0.15) is 4.98 Å². The molecule has 0 atom stereocenters. The zero-order chi connectivity index (χ0) is 11.5. The fraction of sp³-hybridized carbons (Fsp3) is 0.636. The summed E-state index contributed by atoms with van der Waals surface area (Å²) in [4.78, 5) is 10.6. The summed E-state index contributed by atoms with van der Waals surface area (Å²) in [5.74, 6) is 2.22. The van der Waals surface area contributed by atoms with E-state index >= 15 is 0 Å². The maximum Gasteiger partial charge on any atom is 0.224 e. The van der Waals surface area contributed by atoms with E-state index in [1.807, 2.05) is 7.05 Å². The minimum Gasteiger partial charge on any atom is -0.358 e. The van der Waals surface area contributed by atoms with Gasteiger partial charge in [0, 0.05) is 20.6 Å². The van der Waals surface area contributed by atoms with E-state index in [1.54, 1.807) is 13.2 Å². The Morgan fingerprint density at radius 3 is 2.88 bits per heavy atom. The van der Waals surface area contributed by atoms with Gasteiger partial charge in [0.25, 0.3) is 0 Å². The lowest BCUT2D eigenvalue weighted by atomic mass is 9.85. The summed E-state index contributed by atoms with van der Waals surface area (Å²) in [7, 11) is 3.84. The molecule has 0 radical (unpaired) electrons. The van der Waals surface area contributed by atoms with Gasteiger partial charge in [0.2, 0.25) is 5.95 Å². The molecule has 16 heavy (non-hydrogen) atoms. The molecule has 0 unspecified atom stereocenters. The Morgan fingerprint density at radius 2 is 2.31 bits per heavy atom. The first-order valence-electron chi connectivity index (χ1n) is 5.62. The van der Waals surface area contributed by atoms with E-state index in [4.69, 9.17) is 11.6 Å². The van der Waals surface area contributed by atoms with Crippen LogP contribution in [0.5, 0.6) is 0 Å². The molecule has 1 N–H and O–H groups in total. The van der Waals surface area contributed by atoms with Gasteiger partial charge in [-0.15, -0.1) is 0 Å². The van der Waals surface area contributed by atoms with Crippen molar-refractivity contribution in [3.63, 3.8) is 0 Å². The van der Waals surface area contributed by atoms with Crippen LogP contribution in [0.2, 0.25) is 5.02 Å². The molecule has 1 aromatic rings. The molecule has 1 saturated carbocycles. The third-order valence-corrected chi connectivity index (χ3v) is 3.33. The van der Waals surface area contributed by atoms with Crippen molar-refractivity contribution in [1.82, 2.24) is 9.97 Å². The molecule has 88 valence electrons. The van der Waals surface area contributed by atoms with E-state index in [-0.39, 0.29) is 0 Å². The van der Waals surface area contributed by atoms with Crippen molar-refractivity contribution in [2.24, 2.45) is 5.92 Å². The lowest BCUT2D eigenvalue weighted by molar-refractivity contribution is 0.321. The molecule has 1 fully saturated rings. The van der Waals surface area contributed by atoms with Crippen molar-refractivity contribution >= 4 is 23.4 Å². The highest BCUT2D eigenvalue weighted by atomic mass is 35.5. The van der Waals surface area contributed by atoms with Crippen LogP contribution in [0.25, 0.3) is 0 Å². The summed E-state index contributed by atoms with van der Waals surface area (Å²) >= 11 is 6.10. The van der Waals surface area contributed by atoms with E-state index in [0.717, 1.165) is 18.3 Å². The molecule has 0 saturated heterocycles. The Kier molecular flexibility index (Phi) is 3.49. The van der Waals surface area contributed by atoms with Gasteiger partial charge in [-0.3, -0.25) is 0 Å². The molecule has 0 aliphatic heterocycles. The lowest BCUT2D eigenvalue weighted by Gasteiger charge is -2.31. The number of hydrogen-bond acceptors (Lipinski definition) is 4. The Bertz CT molecular complexity index is 365. The maximum absolute atomic E-state index is 6.10. The van der Waals surface area contributed by atoms with Gasteiger partial charge in [-0.1, -0.05) is 18.0 Å². The Morgan fingerprint density at radius 1 is 1.56 bits per heavy atom. The maximum atomic E-state index is 6.10. The average molecular weight is 241 g/mol. The number of rotatable bonds is 4. The Balaban J connectivity index is 2.10. The highest BCUT2D eigenvalue weighted by Gasteiger charge is 2.20. The first kappa shape index (κ1) is 11.5. The van der Waals surface area contributed by atoms with Crippen LogP contribution in [-0.2, 0) is 0 Å². The second kappa shape index (κ2) is 4.87. The van der Waals surface area contributed by atoms with Crippen LogP contribution in [0.15, 0.2) is 6.20 Å².